The average molecular weight is 352 g/mol. The van der Waals surface area contributed by atoms with Crippen molar-refractivity contribution in [2.24, 2.45) is 0 Å². The van der Waals surface area contributed by atoms with Crippen LogP contribution < -0.4 is 0 Å². The van der Waals surface area contributed by atoms with Crippen molar-refractivity contribution >= 4 is 29.4 Å². The fourth-order valence-electron chi connectivity index (χ4n) is 2.64. The molecule has 0 bridgehead atoms. The lowest BCUT2D eigenvalue weighted by molar-refractivity contribution is -0.135. The van der Waals surface area contributed by atoms with Crippen LogP contribution in [0.1, 0.15) is 48.9 Å². The van der Waals surface area contributed by atoms with Gasteiger partial charge < -0.3 is 14.7 Å². The maximum Gasteiger partial charge on any atom is 0.411 e. The molecule has 1 aromatic heterocycles. The van der Waals surface area contributed by atoms with Crippen LogP contribution >= 0.6 is 11.3 Å². The number of aliphatic hydroxyl groups is 1. The van der Waals surface area contributed by atoms with Crippen molar-refractivity contribution < 1.29 is 19.4 Å². The topological polar surface area (TPSA) is 70.1 Å². The molecular formula is C17H24N2O4S. The van der Waals surface area contributed by atoms with Crippen LogP contribution in [0.3, 0.4) is 0 Å². The van der Waals surface area contributed by atoms with Gasteiger partial charge in [-0.1, -0.05) is 12.7 Å². The van der Waals surface area contributed by atoms with Crippen molar-refractivity contribution in [2.45, 2.75) is 38.5 Å². The average Bonchev–Trinajstić information content (AvgIpc) is 2.89. The van der Waals surface area contributed by atoms with Gasteiger partial charge in [0.2, 0.25) is 5.91 Å². The van der Waals surface area contributed by atoms with Gasteiger partial charge in [-0.05, 0) is 31.7 Å². The number of rotatable bonds is 2. The van der Waals surface area contributed by atoms with Gasteiger partial charge in [-0.3, -0.25) is 9.69 Å². The highest BCUT2D eigenvalue weighted by molar-refractivity contribution is 7.10. The van der Waals surface area contributed by atoms with Crippen LogP contribution in [0, 0.1) is 0 Å². The van der Waals surface area contributed by atoms with Crippen molar-refractivity contribution in [1.82, 2.24) is 9.80 Å². The SMILES string of the molecule is C=Cc1csc2c1C(C(=O)N(C)C)N(C(=O)OC(C)(C)C)CC2O. The van der Waals surface area contributed by atoms with E-state index < -0.39 is 23.8 Å². The van der Waals surface area contributed by atoms with Gasteiger partial charge in [0.15, 0.2) is 0 Å². The van der Waals surface area contributed by atoms with Crippen LogP contribution in [-0.2, 0) is 9.53 Å². The number of amides is 2. The Hall–Kier alpha value is -1.86. The Bertz CT molecular complexity index is 660. The second kappa shape index (κ2) is 6.57. The number of fused-ring (bicyclic) bond motifs is 1. The Balaban J connectivity index is 2.52. The number of nitrogens with zero attached hydrogens (tertiary/aromatic N) is 2. The zero-order valence-corrected chi connectivity index (χ0v) is 15.5. The maximum atomic E-state index is 12.8. The minimum absolute atomic E-state index is 0.0171. The summed E-state index contributed by atoms with van der Waals surface area (Å²) in [5.41, 5.74) is 0.699. The lowest BCUT2D eigenvalue weighted by atomic mass is 9.93. The molecular weight excluding hydrogens is 328 g/mol. The number of ether oxygens (including phenoxy) is 1. The summed E-state index contributed by atoms with van der Waals surface area (Å²) in [5.74, 6) is -0.240. The monoisotopic (exact) mass is 352 g/mol. The molecule has 1 aliphatic heterocycles. The normalized spacial score (nSPS) is 20.3. The predicted molar refractivity (Wildman–Crippen MR) is 93.7 cm³/mol. The molecule has 0 fully saturated rings. The Morgan fingerprint density at radius 2 is 2.08 bits per heavy atom. The van der Waals surface area contributed by atoms with Crippen molar-refractivity contribution in [3.63, 3.8) is 0 Å². The van der Waals surface area contributed by atoms with Gasteiger partial charge >= 0.3 is 6.09 Å². The van der Waals surface area contributed by atoms with Gasteiger partial charge in [0.1, 0.15) is 17.7 Å². The third-order valence-corrected chi connectivity index (χ3v) is 4.79. The molecule has 2 atom stereocenters. The van der Waals surface area contributed by atoms with Crippen LogP contribution in [0.4, 0.5) is 4.79 Å². The second-order valence-corrected chi connectivity index (χ2v) is 7.87. The predicted octanol–water partition coefficient (Wildman–Crippen LogP) is 2.80. The number of likely N-dealkylation sites (N-methyl/N-ethyl adjacent to an activating group) is 1. The van der Waals surface area contributed by atoms with Crippen molar-refractivity contribution in [2.75, 3.05) is 20.6 Å². The van der Waals surface area contributed by atoms with Crippen LogP contribution in [0.25, 0.3) is 6.08 Å². The minimum atomic E-state index is -0.850. The molecule has 24 heavy (non-hydrogen) atoms. The number of carbonyl (C=O) groups is 2. The van der Waals surface area contributed by atoms with E-state index in [4.69, 9.17) is 4.74 Å². The van der Waals surface area contributed by atoms with Gasteiger partial charge in [0.25, 0.3) is 0 Å². The quantitative estimate of drug-likeness (QED) is 0.888. The largest absolute Gasteiger partial charge is 0.444 e. The maximum absolute atomic E-state index is 12.8. The lowest BCUT2D eigenvalue weighted by Crippen LogP contribution is -2.49. The van der Waals surface area contributed by atoms with Crippen LogP contribution in [0.15, 0.2) is 12.0 Å². The molecule has 2 amide bonds. The van der Waals surface area contributed by atoms with E-state index in [-0.39, 0.29) is 12.5 Å². The van der Waals surface area contributed by atoms with E-state index in [1.54, 1.807) is 40.9 Å². The number of carbonyl (C=O) groups excluding carboxylic acids is 2. The zero-order chi connectivity index (χ0) is 18.2. The van der Waals surface area contributed by atoms with Gasteiger partial charge in [0.05, 0.1) is 6.54 Å². The van der Waals surface area contributed by atoms with Crippen LogP contribution in [-0.4, -0.2) is 53.1 Å². The van der Waals surface area contributed by atoms with Gasteiger partial charge in [-0.15, -0.1) is 11.3 Å². The summed E-state index contributed by atoms with van der Waals surface area (Å²) in [5, 5.41) is 12.3. The second-order valence-electron chi connectivity index (χ2n) is 6.96. The molecule has 132 valence electrons. The summed E-state index contributed by atoms with van der Waals surface area (Å²) in [6.07, 6.45) is 0.169. The van der Waals surface area contributed by atoms with Crippen molar-refractivity contribution in [3.05, 3.63) is 28.0 Å². The summed E-state index contributed by atoms with van der Waals surface area (Å²) in [6, 6.07) is -0.826. The molecule has 2 rings (SSSR count). The van der Waals surface area contributed by atoms with Crippen molar-refractivity contribution in [1.29, 1.82) is 0 Å². The molecule has 0 saturated heterocycles. The molecule has 0 radical (unpaired) electrons. The molecule has 0 spiro atoms. The van der Waals surface area contributed by atoms with E-state index in [1.165, 1.54) is 21.1 Å². The van der Waals surface area contributed by atoms with Crippen LogP contribution in [0.2, 0.25) is 0 Å². The Morgan fingerprint density at radius 3 is 2.58 bits per heavy atom. The Kier molecular flexibility index (Phi) is 5.05. The van der Waals surface area contributed by atoms with E-state index in [2.05, 4.69) is 6.58 Å². The molecule has 2 heterocycles. The first-order valence-corrected chi connectivity index (χ1v) is 8.57. The summed E-state index contributed by atoms with van der Waals surface area (Å²) in [6.45, 7) is 9.08. The molecule has 0 saturated carbocycles. The first-order valence-electron chi connectivity index (χ1n) is 7.69. The standard InChI is InChI=1S/C17H24N2O4S/c1-7-10-9-24-14-11(20)8-19(16(22)23-17(2,3)4)13(12(10)14)15(21)18(5)6/h7,9,11,13,20H,1,8H2,2-6H3. The summed E-state index contributed by atoms with van der Waals surface area (Å²) in [7, 11) is 3.28. The highest BCUT2D eigenvalue weighted by Crippen LogP contribution is 2.42. The third kappa shape index (κ3) is 3.47. The number of hydrogen-bond donors (Lipinski definition) is 1. The van der Waals surface area contributed by atoms with Gasteiger partial charge in [-0.2, -0.15) is 0 Å². The van der Waals surface area contributed by atoms with Gasteiger partial charge in [-0.25, -0.2) is 4.79 Å². The van der Waals surface area contributed by atoms with Crippen molar-refractivity contribution in [3.8, 4) is 0 Å². The highest BCUT2D eigenvalue weighted by atomic mass is 32.1. The molecule has 1 aliphatic rings. The molecule has 7 heteroatoms. The lowest BCUT2D eigenvalue weighted by Gasteiger charge is -2.39. The highest BCUT2D eigenvalue weighted by Gasteiger charge is 2.43. The first-order chi connectivity index (χ1) is 11.1. The van der Waals surface area contributed by atoms with E-state index in [9.17, 15) is 14.7 Å². The minimum Gasteiger partial charge on any atom is -0.444 e. The molecule has 0 aromatic carbocycles. The number of thiophene rings is 1. The number of aliphatic hydroxyl groups excluding tert-OH is 1. The number of hydrogen-bond acceptors (Lipinski definition) is 5. The Labute approximate surface area is 146 Å². The van der Waals surface area contributed by atoms with Crippen LogP contribution in [0.5, 0.6) is 0 Å². The first kappa shape index (κ1) is 18.5. The van der Waals surface area contributed by atoms with E-state index in [0.717, 1.165) is 5.56 Å². The molecule has 1 N–H and O–H groups in total. The summed E-state index contributed by atoms with van der Waals surface area (Å²) in [4.78, 5) is 28.8. The van der Waals surface area contributed by atoms with E-state index in [0.29, 0.717) is 10.4 Å². The molecule has 0 aliphatic carbocycles. The zero-order valence-electron chi connectivity index (χ0n) is 14.7. The molecule has 2 unspecified atom stereocenters. The fraction of sp³-hybridized carbons (Fsp3) is 0.529. The number of β-amino-alcohol motifs (C(OH)–C–C–N with tert-alkyl or cyclic N) is 1. The van der Waals surface area contributed by atoms with E-state index in [1.807, 2.05) is 5.38 Å². The summed E-state index contributed by atoms with van der Waals surface area (Å²) < 4.78 is 5.43. The smallest absolute Gasteiger partial charge is 0.411 e. The fourth-order valence-corrected chi connectivity index (χ4v) is 3.70. The molecule has 1 aromatic rings. The Morgan fingerprint density at radius 1 is 1.46 bits per heavy atom. The van der Waals surface area contributed by atoms with Gasteiger partial charge in [0, 0.05) is 24.5 Å². The summed E-state index contributed by atoms with van der Waals surface area (Å²) >= 11 is 1.37. The van der Waals surface area contributed by atoms with E-state index >= 15 is 0 Å². The third-order valence-electron chi connectivity index (χ3n) is 3.67. The molecule has 6 nitrogen and oxygen atoms in total.